The molecule has 1 amide bonds. The Labute approximate surface area is 194 Å². The normalized spacial score (nSPS) is 15.5. The third-order valence-corrected chi connectivity index (χ3v) is 5.60. The van der Waals surface area contributed by atoms with E-state index in [9.17, 15) is 9.59 Å². The number of amides is 1. The van der Waals surface area contributed by atoms with Crippen LogP contribution in [-0.4, -0.2) is 29.3 Å². The lowest BCUT2D eigenvalue weighted by molar-refractivity contribution is -0.115. The van der Waals surface area contributed by atoms with Crippen LogP contribution >= 0.6 is 11.8 Å². The molecular formula is C25H20N2O5S. The number of carbonyl (C=O) groups excluding carboxylic acids is 1. The van der Waals surface area contributed by atoms with Crippen molar-refractivity contribution in [2.24, 2.45) is 4.99 Å². The Morgan fingerprint density at radius 3 is 2.64 bits per heavy atom. The van der Waals surface area contributed by atoms with E-state index in [4.69, 9.17) is 14.6 Å². The number of hydrogen-bond donors (Lipinski definition) is 2. The van der Waals surface area contributed by atoms with Crippen molar-refractivity contribution in [2.75, 3.05) is 7.11 Å². The maximum atomic E-state index is 12.4. The lowest BCUT2D eigenvalue weighted by Gasteiger charge is -2.12. The zero-order valence-corrected chi connectivity index (χ0v) is 18.5. The van der Waals surface area contributed by atoms with E-state index in [0.717, 1.165) is 16.8 Å². The summed E-state index contributed by atoms with van der Waals surface area (Å²) in [6.07, 6.45) is 1.76. The Morgan fingerprint density at radius 1 is 1.06 bits per heavy atom. The molecule has 1 fully saturated rings. The molecule has 8 heteroatoms. The first-order valence-electron chi connectivity index (χ1n) is 9.99. The number of benzene rings is 3. The van der Waals surface area contributed by atoms with Crippen LogP contribution in [0.15, 0.2) is 82.7 Å². The number of amidine groups is 1. The summed E-state index contributed by atoms with van der Waals surface area (Å²) in [6.45, 7) is 0.190. The van der Waals surface area contributed by atoms with Gasteiger partial charge in [-0.15, -0.1) is 0 Å². The van der Waals surface area contributed by atoms with Gasteiger partial charge in [-0.2, -0.15) is 0 Å². The molecule has 1 saturated heterocycles. The zero-order chi connectivity index (χ0) is 23.2. The van der Waals surface area contributed by atoms with Crippen molar-refractivity contribution in [3.63, 3.8) is 0 Å². The molecule has 7 nitrogen and oxygen atoms in total. The van der Waals surface area contributed by atoms with Gasteiger partial charge in [-0.3, -0.25) is 4.79 Å². The van der Waals surface area contributed by atoms with Crippen LogP contribution < -0.4 is 14.8 Å². The van der Waals surface area contributed by atoms with Crippen LogP contribution in [0.25, 0.3) is 6.08 Å². The second kappa shape index (κ2) is 10.1. The third-order valence-electron chi connectivity index (χ3n) is 4.69. The Morgan fingerprint density at radius 2 is 1.88 bits per heavy atom. The highest BCUT2D eigenvalue weighted by Crippen LogP contribution is 2.32. The van der Waals surface area contributed by atoms with E-state index in [-0.39, 0.29) is 18.1 Å². The minimum atomic E-state index is -0.988. The van der Waals surface area contributed by atoms with E-state index in [2.05, 4.69) is 10.3 Å². The molecule has 1 aliphatic rings. The molecule has 2 N–H and O–H groups in total. The van der Waals surface area contributed by atoms with Gasteiger partial charge in [0.25, 0.3) is 5.91 Å². The van der Waals surface area contributed by atoms with Crippen molar-refractivity contribution in [1.82, 2.24) is 5.32 Å². The van der Waals surface area contributed by atoms with Gasteiger partial charge in [-0.25, -0.2) is 9.79 Å². The zero-order valence-electron chi connectivity index (χ0n) is 17.6. The molecule has 0 spiro atoms. The van der Waals surface area contributed by atoms with E-state index in [1.54, 1.807) is 36.4 Å². The summed E-state index contributed by atoms with van der Waals surface area (Å²) in [6, 6.07) is 21.3. The fourth-order valence-electron chi connectivity index (χ4n) is 3.10. The highest BCUT2D eigenvalue weighted by molar-refractivity contribution is 8.18. The van der Waals surface area contributed by atoms with Gasteiger partial charge in [0.15, 0.2) is 16.7 Å². The maximum Gasteiger partial charge on any atom is 0.335 e. The average Bonchev–Trinajstić information content (AvgIpc) is 3.17. The highest BCUT2D eigenvalue weighted by Gasteiger charge is 2.24. The van der Waals surface area contributed by atoms with Crippen LogP contribution in [0.1, 0.15) is 21.5 Å². The molecule has 1 heterocycles. The molecular weight excluding hydrogens is 440 g/mol. The first kappa shape index (κ1) is 22.2. The van der Waals surface area contributed by atoms with E-state index < -0.39 is 5.97 Å². The summed E-state index contributed by atoms with van der Waals surface area (Å²) < 4.78 is 11.3. The molecule has 0 unspecified atom stereocenters. The minimum absolute atomic E-state index is 0.190. The van der Waals surface area contributed by atoms with Crippen LogP contribution in [0, 0.1) is 0 Å². The largest absolute Gasteiger partial charge is 0.493 e. The molecule has 3 aromatic rings. The van der Waals surface area contributed by atoms with E-state index >= 15 is 0 Å². The number of aromatic carboxylic acids is 1. The van der Waals surface area contributed by atoms with E-state index in [1.807, 2.05) is 36.4 Å². The number of ether oxygens (including phenoxy) is 2. The van der Waals surface area contributed by atoms with Crippen LogP contribution in [0.5, 0.6) is 11.5 Å². The summed E-state index contributed by atoms with van der Waals surface area (Å²) in [5, 5.41) is 12.4. The minimum Gasteiger partial charge on any atom is -0.493 e. The summed E-state index contributed by atoms with van der Waals surface area (Å²) in [5.74, 6) is -0.194. The molecule has 166 valence electrons. The summed E-state index contributed by atoms with van der Waals surface area (Å²) in [7, 11) is 1.53. The summed E-state index contributed by atoms with van der Waals surface area (Å²) in [4.78, 5) is 28.5. The molecule has 0 radical (unpaired) electrons. The summed E-state index contributed by atoms with van der Waals surface area (Å²) in [5.41, 5.74) is 2.46. The second-order valence-corrected chi connectivity index (χ2v) is 8.05. The maximum absolute atomic E-state index is 12.4. The molecule has 0 saturated carbocycles. The van der Waals surface area contributed by atoms with E-state index in [1.165, 1.54) is 24.9 Å². The second-order valence-electron chi connectivity index (χ2n) is 7.02. The first-order chi connectivity index (χ1) is 16.0. The van der Waals surface area contributed by atoms with Gasteiger partial charge in [0.2, 0.25) is 0 Å². The smallest absolute Gasteiger partial charge is 0.335 e. The van der Waals surface area contributed by atoms with Gasteiger partial charge >= 0.3 is 5.97 Å². The van der Waals surface area contributed by atoms with Crippen LogP contribution in [0.4, 0.5) is 5.69 Å². The van der Waals surface area contributed by atoms with Crippen molar-refractivity contribution in [1.29, 1.82) is 0 Å². The quantitative estimate of drug-likeness (QED) is 0.489. The van der Waals surface area contributed by atoms with Crippen LogP contribution in [-0.2, 0) is 11.4 Å². The fraction of sp³-hybridized carbons (Fsp3) is 0.0800. The van der Waals surface area contributed by atoms with Gasteiger partial charge in [0.05, 0.1) is 23.3 Å². The Balaban J connectivity index is 1.48. The molecule has 33 heavy (non-hydrogen) atoms. The number of carboxylic acids is 1. The monoisotopic (exact) mass is 460 g/mol. The summed E-state index contributed by atoms with van der Waals surface area (Å²) >= 11 is 1.27. The van der Waals surface area contributed by atoms with Gasteiger partial charge in [-0.1, -0.05) is 36.4 Å². The average molecular weight is 461 g/mol. The number of carboxylic acid groups (broad SMARTS) is 1. The number of methoxy groups -OCH3 is 1. The third kappa shape index (κ3) is 5.61. The van der Waals surface area contributed by atoms with Crippen molar-refractivity contribution >= 4 is 40.6 Å². The molecule has 0 aliphatic carbocycles. The number of hydrogen-bond acceptors (Lipinski definition) is 6. The number of nitrogens with one attached hydrogen (secondary N) is 1. The van der Waals surface area contributed by atoms with E-state index in [0.29, 0.717) is 21.6 Å². The topological polar surface area (TPSA) is 97.2 Å². The highest BCUT2D eigenvalue weighted by atomic mass is 32.2. The Bertz CT molecular complexity index is 1250. The molecule has 0 bridgehead atoms. The lowest BCUT2D eigenvalue weighted by atomic mass is 10.1. The van der Waals surface area contributed by atoms with Gasteiger partial charge in [0.1, 0.15) is 6.61 Å². The number of thioether (sulfide) groups is 1. The van der Waals surface area contributed by atoms with Gasteiger partial charge in [-0.05, 0) is 65.4 Å². The number of para-hydroxylation sites is 1. The van der Waals surface area contributed by atoms with Crippen LogP contribution in [0.3, 0.4) is 0 Å². The SMILES string of the molecule is COc1cc(C=C2SC(=Nc3ccccc3)NC2=O)ccc1OCc1cccc(C(=O)O)c1. The molecule has 1 aliphatic heterocycles. The molecule has 0 aromatic heterocycles. The number of nitrogens with zero attached hydrogens (tertiary/aromatic N) is 1. The fourth-order valence-corrected chi connectivity index (χ4v) is 3.94. The van der Waals surface area contributed by atoms with Crippen molar-refractivity contribution in [3.05, 3.63) is 94.4 Å². The number of rotatable bonds is 7. The van der Waals surface area contributed by atoms with Gasteiger partial charge < -0.3 is 19.9 Å². The standard InChI is InChI=1S/C25H20N2O5S/c1-31-21-13-16(10-11-20(21)32-15-17-6-5-7-18(12-17)24(29)30)14-22-23(28)27-25(33-22)26-19-8-3-2-4-9-19/h2-14H,15H2,1H3,(H,29,30)(H,26,27,28). The lowest BCUT2D eigenvalue weighted by Crippen LogP contribution is -2.19. The van der Waals surface area contributed by atoms with Crippen molar-refractivity contribution < 1.29 is 24.2 Å². The predicted octanol–water partition coefficient (Wildman–Crippen LogP) is 4.86. The Hall–Kier alpha value is -4.04. The first-order valence-corrected chi connectivity index (χ1v) is 10.8. The predicted molar refractivity (Wildman–Crippen MR) is 128 cm³/mol. The van der Waals surface area contributed by atoms with Crippen LogP contribution in [0.2, 0.25) is 0 Å². The molecule has 3 aromatic carbocycles. The molecule has 0 atom stereocenters. The van der Waals surface area contributed by atoms with Crippen molar-refractivity contribution in [3.8, 4) is 11.5 Å². The number of carbonyl (C=O) groups is 2. The number of aliphatic imine (C=N–C) groups is 1. The molecule has 4 rings (SSSR count). The van der Waals surface area contributed by atoms with Gasteiger partial charge in [0, 0.05) is 0 Å². The van der Waals surface area contributed by atoms with Crippen molar-refractivity contribution in [2.45, 2.75) is 6.61 Å². The Kier molecular flexibility index (Phi) is 6.75.